The van der Waals surface area contributed by atoms with Crippen LogP contribution in [0.2, 0.25) is 5.15 Å². The van der Waals surface area contributed by atoms with Crippen LogP contribution in [0.15, 0.2) is 12.3 Å². The first-order valence-corrected chi connectivity index (χ1v) is 5.40. The number of hydrogen-bond donors (Lipinski definition) is 0. The molecule has 0 aliphatic heterocycles. The number of hydrogen-bond acceptors (Lipinski definition) is 2. The Balaban J connectivity index is 2.66. The monoisotopic (exact) mass is 263 g/mol. The summed E-state index contributed by atoms with van der Waals surface area (Å²) in [4.78, 5) is 3.79. The molecule has 0 radical (unpaired) electrons. The maximum absolute atomic E-state index is 12.8. The van der Waals surface area contributed by atoms with Gasteiger partial charge < -0.3 is 0 Å². The highest BCUT2D eigenvalue weighted by molar-refractivity contribution is 6.29. The Kier molecular flexibility index (Phi) is 2.99. The first-order chi connectivity index (χ1) is 7.91. The lowest BCUT2D eigenvalue weighted by Crippen LogP contribution is -2.05. The minimum absolute atomic E-state index is 0.0182. The van der Waals surface area contributed by atoms with Gasteiger partial charge in [-0.15, -0.1) is 0 Å². The van der Waals surface area contributed by atoms with Gasteiger partial charge in [-0.1, -0.05) is 18.5 Å². The molecule has 0 atom stereocenters. The van der Waals surface area contributed by atoms with Crippen LogP contribution in [0.3, 0.4) is 0 Å². The Morgan fingerprint density at radius 2 is 2.12 bits per heavy atom. The third-order valence-electron chi connectivity index (χ3n) is 2.27. The fourth-order valence-electron chi connectivity index (χ4n) is 1.59. The van der Waals surface area contributed by atoms with Crippen molar-refractivity contribution in [1.29, 1.82) is 0 Å². The second kappa shape index (κ2) is 4.18. The molecule has 17 heavy (non-hydrogen) atoms. The summed E-state index contributed by atoms with van der Waals surface area (Å²) in [5.74, 6) is 0. The summed E-state index contributed by atoms with van der Waals surface area (Å²) >= 11 is 5.56. The van der Waals surface area contributed by atoms with E-state index in [1.165, 1.54) is 10.9 Å². The van der Waals surface area contributed by atoms with Gasteiger partial charge in [-0.3, -0.25) is 4.68 Å². The van der Waals surface area contributed by atoms with Gasteiger partial charge in [-0.25, -0.2) is 4.98 Å². The van der Waals surface area contributed by atoms with Crippen LogP contribution in [0.25, 0.3) is 11.0 Å². The van der Waals surface area contributed by atoms with Crippen molar-refractivity contribution in [1.82, 2.24) is 14.8 Å². The van der Waals surface area contributed by atoms with Crippen LogP contribution >= 0.6 is 11.6 Å². The van der Waals surface area contributed by atoms with E-state index in [-0.39, 0.29) is 16.2 Å². The maximum Gasteiger partial charge on any atom is 0.417 e. The van der Waals surface area contributed by atoms with E-state index in [9.17, 15) is 13.2 Å². The van der Waals surface area contributed by atoms with Gasteiger partial charge in [-0.05, 0) is 12.5 Å². The Hall–Kier alpha value is -1.30. The molecule has 0 unspecified atom stereocenters. The predicted molar refractivity (Wildman–Crippen MR) is 57.8 cm³/mol. The highest BCUT2D eigenvalue weighted by atomic mass is 35.5. The first kappa shape index (κ1) is 12.2. The molecule has 0 saturated heterocycles. The van der Waals surface area contributed by atoms with Gasteiger partial charge in [0.05, 0.1) is 10.9 Å². The molecular weight excluding hydrogens is 255 g/mol. The lowest BCUT2D eigenvalue weighted by Gasteiger charge is -2.06. The number of rotatable bonds is 2. The molecule has 0 fully saturated rings. The van der Waals surface area contributed by atoms with E-state index in [1.54, 1.807) is 0 Å². The molecule has 0 amide bonds. The maximum atomic E-state index is 12.8. The standard InChI is InChI=1S/C10H9ClF3N3/c1-2-3-17-5-6-7(10(12,13)14)4-8(11)15-9(6)16-17/h4-5H,2-3H2,1H3. The average molecular weight is 264 g/mol. The molecule has 0 bridgehead atoms. The SMILES string of the molecule is CCCn1cc2c(C(F)(F)F)cc(Cl)nc2n1. The van der Waals surface area contributed by atoms with E-state index < -0.39 is 11.7 Å². The quantitative estimate of drug-likeness (QED) is 0.776. The number of alkyl halides is 3. The molecule has 2 aromatic heterocycles. The first-order valence-electron chi connectivity index (χ1n) is 5.02. The topological polar surface area (TPSA) is 30.7 Å². The van der Waals surface area contributed by atoms with E-state index in [4.69, 9.17) is 11.6 Å². The lowest BCUT2D eigenvalue weighted by molar-refractivity contribution is -0.136. The van der Waals surface area contributed by atoms with Crippen molar-refractivity contribution in [2.45, 2.75) is 26.1 Å². The molecule has 92 valence electrons. The molecule has 0 saturated carbocycles. The normalized spacial score (nSPS) is 12.3. The van der Waals surface area contributed by atoms with Crippen LogP contribution < -0.4 is 0 Å². The third-order valence-corrected chi connectivity index (χ3v) is 2.46. The summed E-state index contributed by atoms with van der Waals surface area (Å²) in [6.07, 6.45) is -2.32. The smallest absolute Gasteiger partial charge is 0.270 e. The highest BCUT2D eigenvalue weighted by Crippen LogP contribution is 2.35. The van der Waals surface area contributed by atoms with Crippen LogP contribution in [0, 0.1) is 0 Å². The summed E-state index contributed by atoms with van der Waals surface area (Å²) < 4.78 is 39.8. The Labute approximate surface area is 100 Å². The Bertz CT molecular complexity index is 547. The van der Waals surface area contributed by atoms with E-state index in [1.807, 2.05) is 6.92 Å². The van der Waals surface area contributed by atoms with Crippen LogP contribution in [0.5, 0.6) is 0 Å². The second-order valence-corrected chi connectivity index (χ2v) is 4.01. The van der Waals surface area contributed by atoms with Crippen LogP contribution in [-0.2, 0) is 12.7 Å². The highest BCUT2D eigenvalue weighted by Gasteiger charge is 2.34. The fourth-order valence-corrected chi connectivity index (χ4v) is 1.78. The molecule has 0 aromatic carbocycles. The number of fused-ring (bicyclic) bond motifs is 1. The molecule has 3 nitrogen and oxygen atoms in total. The molecule has 0 N–H and O–H groups in total. The van der Waals surface area contributed by atoms with Crippen molar-refractivity contribution in [3.63, 3.8) is 0 Å². The van der Waals surface area contributed by atoms with Gasteiger partial charge in [-0.2, -0.15) is 18.3 Å². The van der Waals surface area contributed by atoms with Gasteiger partial charge in [0.2, 0.25) is 0 Å². The number of pyridine rings is 1. The zero-order valence-corrected chi connectivity index (χ0v) is 9.68. The Morgan fingerprint density at radius 1 is 1.41 bits per heavy atom. The summed E-state index contributed by atoms with van der Waals surface area (Å²) in [6.45, 7) is 2.46. The van der Waals surface area contributed by atoms with Gasteiger partial charge in [0, 0.05) is 12.7 Å². The van der Waals surface area contributed by atoms with Crippen molar-refractivity contribution in [3.05, 3.63) is 23.0 Å². The van der Waals surface area contributed by atoms with E-state index in [0.29, 0.717) is 6.54 Å². The largest absolute Gasteiger partial charge is 0.417 e. The van der Waals surface area contributed by atoms with E-state index in [0.717, 1.165) is 12.5 Å². The summed E-state index contributed by atoms with van der Waals surface area (Å²) in [6, 6.07) is 0.821. The average Bonchev–Trinajstić information content (AvgIpc) is 2.57. The number of nitrogens with zero attached hydrogens (tertiary/aromatic N) is 3. The minimum Gasteiger partial charge on any atom is -0.270 e. The summed E-state index contributed by atoms with van der Waals surface area (Å²) in [7, 11) is 0. The molecule has 2 heterocycles. The van der Waals surface area contributed by atoms with Gasteiger partial charge in [0.1, 0.15) is 5.15 Å². The second-order valence-electron chi connectivity index (χ2n) is 3.62. The van der Waals surface area contributed by atoms with E-state index >= 15 is 0 Å². The summed E-state index contributed by atoms with van der Waals surface area (Å²) in [5, 5.41) is 3.74. The Morgan fingerprint density at radius 3 is 2.71 bits per heavy atom. The van der Waals surface area contributed by atoms with Gasteiger partial charge >= 0.3 is 6.18 Å². The molecule has 0 aliphatic carbocycles. The third kappa shape index (κ3) is 2.36. The van der Waals surface area contributed by atoms with Crippen molar-refractivity contribution in [2.75, 3.05) is 0 Å². The number of aryl methyl sites for hydroxylation is 1. The predicted octanol–water partition coefficient (Wildman–Crippen LogP) is 3.51. The molecular formula is C10H9ClF3N3. The van der Waals surface area contributed by atoms with E-state index in [2.05, 4.69) is 10.1 Å². The van der Waals surface area contributed by atoms with Crippen molar-refractivity contribution >= 4 is 22.6 Å². The summed E-state index contributed by atoms with van der Waals surface area (Å²) in [5.41, 5.74) is -0.770. The van der Waals surface area contributed by atoms with Crippen molar-refractivity contribution in [3.8, 4) is 0 Å². The van der Waals surface area contributed by atoms with Crippen LogP contribution in [0.1, 0.15) is 18.9 Å². The zero-order chi connectivity index (χ0) is 12.6. The molecule has 2 rings (SSSR count). The molecule has 2 aromatic rings. The molecule has 0 spiro atoms. The van der Waals surface area contributed by atoms with Crippen LogP contribution in [-0.4, -0.2) is 14.8 Å². The fraction of sp³-hybridized carbons (Fsp3) is 0.400. The molecule has 0 aliphatic rings. The van der Waals surface area contributed by atoms with Crippen LogP contribution in [0.4, 0.5) is 13.2 Å². The van der Waals surface area contributed by atoms with Crippen molar-refractivity contribution < 1.29 is 13.2 Å². The number of halogens is 4. The zero-order valence-electron chi connectivity index (χ0n) is 8.92. The molecule has 7 heteroatoms. The number of aromatic nitrogens is 3. The van der Waals surface area contributed by atoms with Crippen molar-refractivity contribution in [2.24, 2.45) is 0 Å². The van der Waals surface area contributed by atoms with Gasteiger partial charge in [0.15, 0.2) is 5.65 Å². The lowest BCUT2D eigenvalue weighted by atomic mass is 10.2. The minimum atomic E-state index is -4.45. The van der Waals surface area contributed by atoms with Gasteiger partial charge in [0.25, 0.3) is 0 Å².